The first kappa shape index (κ1) is 11.6. The van der Waals surface area contributed by atoms with Gasteiger partial charge in [0.2, 0.25) is 0 Å². The summed E-state index contributed by atoms with van der Waals surface area (Å²) in [7, 11) is 0. The second kappa shape index (κ2) is 4.93. The SMILES string of the molecule is O=C(c1ccc(F)c(Cl)c1)C1CCNCC1. The summed E-state index contributed by atoms with van der Waals surface area (Å²) in [6, 6.07) is 4.17. The Morgan fingerprint density at radius 2 is 2.06 bits per heavy atom. The predicted molar refractivity (Wildman–Crippen MR) is 61.3 cm³/mol. The minimum Gasteiger partial charge on any atom is -0.317 e. The molecular formula is C12H13ClFNO. The Morgan fingerprint density at radius 1 is 1.38 bits per heavy atom. The van der Waals surface area contributed by atoms with Gasteiger partial charge in [-0.1, -0.05) is 11.6 Å². The minimum absolute atomic E-state index is 0.0137. The molecule has 1 saturated heterocycles. The van der Waals surface area contributed by atoms with Crippen molar-refractivity contribution in [2.75, 3.05) is 13.1 Å². The highest BCUT2D eigenvalue weighted by molar-refractivity contribution is 6.31. The lowest BCUT2D eigenvalue weighted by molar-refractivity contribution is 0.0895. The van der Waals surface area contributed by atoms with Gasteiger partial charge in [0.1, 0.15) is 5.82 Å². The van der Waals surface area contributed by atoms with Gasteiger partial charge in [-0.3, -0.25) is 4.79 Å². The Kier molecular flexibility index (Phi) is 3.56. The molecule has 0 radical (unpaired) electrons. The fourth-order valence-corrected chi connectivity index (χ4v) is 2.15. The van der Waals surface area contributed by atoms with Crippen LogP contribution in [0.4, 0.5) is 4.39 Å². The van der Waals surface area contributed by atoms with Crippen LogP contribution in [0.15, 0.2) is 18.2 Å². The van der Waals surface area contributed by atoms with E-state index in [1.165, 1.54) is 18.2 Å². The highest BCUT2D eigenvalue weighted by Gasteiger charge is 2.22. The van der Waals surface area contributed by atoms with Gasteiger partial charge in [-0.15, -0.1) is 0 Å². The number of ketones is 1. The van der Waals surface area contributed by atoms with Crippen LogP contribution in [0.5, 0.6) is 0 Å². The molecule has 0 spiro atoms. The van der Waals surface area contributed by atoms with Crippen LogP contribution < -0.4 is 5.32 Å². The van der Waals surface area contributed by atoms with Crippen LogP contribution in [0.2, 0.25) is 5.02 Å². The number of halogens is 2. The topological polar surface area (TPSA) is 29.1 Å². The summed E-state index contributed by atoms with van der Waals surface area (Å²) in [6.45, 7) is 1.73. The quantitative estimate of drug-likeness (QED) is 0.807. The van der Waals surface area contributed by atoms with Gasteiger partial charge in [-0.25, -0.2) is 4.39 Å². The van der Waals surface area contributed by atoms with Crippen LogP contribution in [-0.2, 0) is 0 Å². The molecule has 1 aromatic carbocycles. The highest BCUT2D eigenvalue weighted by Crippen LogP contribution is 2.22. The third-order valence-corrected chi connectivity index (χ3v) is 3.20. The van der Waals surface area contributed by atoms with Crippen molar-refractivity contribution in [3.05, 3.63) is 34.6 Å². The van der Waals surface area contributed by atoms with Crippen LogP contribution in [-0.4, -0.2) is 18.9 Å². The molecule has 0 saturated carbocycles. The fourth-order valence-electron chi connectivity index (χ4n) is 1.97. The van der Waals surface area contributed by atoms with Gasteiger partial charge in [-0.2, -0.15) is 0 Å². The molecule has 16 heavy (non-hydrogen) atoms. The second-order valence-corrected chi connectivity index (χ2v) is 4.42. The zero-order valence-corrected chi connectivity index (χ0v) is 9.56. The molecule has 2 rings (SSSR count). The number of Topliss-reactive ketones (excluding diaryl/α,β-unsaturated/α-hetero) is 1. The average molecular weight is 242 g/mol. The van der Waals surface area contributed by atoms with E-state index in [-0.39, 0.29) is 16.7 Å². The van der Waals surface area contributed by atoms with Crippen LogP contribution in [0, 0.1) is 11.7 Å². The Bertz CT molecular complexity index is 402. The lowest BCUT2D eigenvalue weighted by atomic mass is 9.90. The molecule has 0 amide bonds. The Labute approximate surface area is 98.8 Å². The number of hydrogen-bond donors (Lipinski definition) is 1. The first-order valence-electron chi connectivity index (χ1n) is 5.38. The molecule has 1 N–H and O–H groups in total. The summed E-state index contributed by atoms with van der Waals surface area (Å²) in [5.74, 6) is -0.366. The van der Waals surface area contributed by atoms with E-state index in [1.54, 1.807) is 0 Å². The summed E-state index contributed by atoms with van der Waals surface area (Å²) in [6.07, 6.45) is 1.68. The number of benzene rings is 1. The third kappa shape index (κ3) is 2.42. The van der Waals surface area contributed by atoms with Crippen LogP contribution >= 0.6 is 11.6 Å². The normalized spacial score (nSPS) is 17.4. The van der Waals surface area contributed by atoms with Crippen molar-refractivity contribution in [2.45, 2.75) is 12.8 Å². The van der Waals surface area contributed by atoms with Gasteiger partial charge in [0, 0.05) is 11.5 Å². The molecule has 2 nitrogen and oxygen atoms in total. The van der Waals surface area contributed by atoms with Crippen molar-refractivity contribution in [1.82, 2.24) is 5.32 Å². The molecular weight excluding hydrogens is 229 g/mol. The molecule has 1 aliphatic heterocycles. The van der Waals surface area contributed by atoms with E-state index < -0.39 is 5.82 Å². The maximum atomic E-state index is 13.0. The van der Waals surface area contributed by atoms with Gasteiger partial charge in [0.15, 0.2) is 5.78 Å². The number of carbonyl (C=O) groups excluding carboxylic acids is 1. The molecule has 0 unspecified atom stereocenters. The van der Waals surface area contributed by atoms with E-state index in [0.717, 1.165) is 25.9 Å². The van der Waals surface area contributed by atoms with Gasteiger partial charge in [0.25, 0.3) is 0 Å². The lowest BCUT2D eigenvalue weighted by Crippen LogP contribution is -2.31. The first-order chi connectivity index (χ1) is 7.68. The Morgan fingerprint density at radius 3 is 2.69 bits per heavy atom. The third-order valence-electron chi connectivity index (χ3n) is 2.91. The van der Waals surface area contributed by atoms with Crippen molar-refractivity contribution in [1.29, 1.82) is 0 Å². The standard InChI is InChI=1S/C12H13ClFNO/c13-10-7-9(1-2-11(10)14)12(16)8-3-5-15-6-4-8/h1-2,7-8,15H,3-6H2. The molecule has 4 heteroatoms. The number of piperidine rings is 1. The number of carbonyl (C=O) groups is 1. The smallest absolute Gasteiger partial charge is 0.166 e. The maximum Gasteiger partial charge on any atom is 0.166 e. The lowest BCUT2D eigenvalue weighted by Gasteiger charge is -2.21. The fraction of sp³-hybridized carbons (Fsp3) is 0.417. The van der Waals surface area contributed by atoms with Crippen molar-refractivity contribution in [2.24, 2.45) is 5.92 Å². The predicted octanol–water partition coefficient (Wildman–Crippen LogP) is 2.66. The summed E-state index contributed by atoms with van der Waals surface area (Å²) < 4.78 is 13.0. The summed E-state index contributed by atoms with van der Waals surface area (Å²) >= 11 is 5.66. The number of rotatable bonds is 2. The van der Waals surface area contributed by atoms with Gasteiger partial charge >= 0.3 is 0 Å². The summed E-state index contributed by atoms with van der Waals surface area (Å²) in [5, 5.41) is 3.22. The zero-order chi connectivity index (χ0) is 11.5. The van der Waals surface area contributed by atoms with Crippen molar-refractivity contribution in [3.63, 3.8) is 0 Å². The van der Waals surface area contributed by atoms with E-state index in [1.807, 2.05) is 0 Å². The Hall–Kier alpha value is -0.930. The van der Waals surface area contributed by atoms with E-state index >= 15 is 0 Å². The maximum absolute atomic E-state index is 13.0. The average Bonchev–Trinajstić information content (AvgIpc) is 2.33. The molecule has 0 aliphatic carbocycles. The molecule has 0 atom stereocenters. The first-order valence-corrected chi connectivity index (χ1v) is 5.76. The van der Waals surface area contributed by atoms with Gasteiger partial charge in [-0.05, 0) is 44.1 Å². The van der Waals surface area contributed by atoms with Crippen molar-refractivity contribution in [3.8, 4) is 0 Å². The van der Waals surface area contributed by atoms with Gasteiger partial charge in [0.05, 0.1) is 5.02 Å². The molecule has 1 fully saturated rings. The number of hydrogen-bond acceptors (Lipinski definition) is 2. The van der Waals surface area contributed by atoms with Crippen LogP contribution in [0.25, 0.3) is 0 Å². The van der Waals surface area contributed by atoms with Crippen LogP contribution in [0.3, 0.4) is 0 Å². The van der Waals surface area contributed by atoms with Crippen molar-refractivity contribution >= 4 is 17.4 Å². The molecule has 0 bridgehead atoms. The van der Waals surface area contributed by atoms with E-state index in [9.17, 15) is 9.18 Å². The molecule has 1 heterocycles. The van der Waals surface area contributed by atoms with Crippen molar-refractivity contribution < 1.29 is 9.18 Å². The molecule has 0 aromatic heterocycles. The van der Waals surface area contributed by atoms with E-state index in [0.29, 0.717) is 5.56 Å². The Balaban J connectivity index is 2.16. The largest absolute Gasteiger partial charge is 0.317 e. The van der Waals surface area contributed by atoms with Gasteiger partial charge < -0.3 is 5.32 Å². The zero-order valence-electron chi connectivity index (χ0n) is 8.80. The number of nitrogens with one attached hydrogen (secondary N) is 1. The molecule has 86 valence electrons. The second-order valence-electron chi connectivity index (χ2n) is 4.02. The van der Waals surface area contributed by atoms with Crippen LogP contribution in [0.1, 0.15) is 23.2 Å². The van der Waals surface area contributed by atoms with E-state index in [4.69, 9.17) is 11.6 Å². The monoisotopic (exact) mass is 241 g/mol. The minimum atomic E-state index is -0.483. The summed E-state index contributed by atoms with van der Waals surface area (Å²) in [5.41, 5.74) is 0.512. The molecule has 1 aromatic rings. The summed E-state index contributed by atoms with van der Waals surface area (Å²) in [4.78, 5) is 12.1. The van der Waals surface area contributed by atoms with E-state index in [2.05, 4.69) is 5.32 Å². The highest BCUT2D eigenvalue weighted by atomic mass is 35.5. The molecule has 1 aliphatic rings.